The number of hydrogen-bond acceptors (Lipinski definition) is 1. The second-order valence-electron chi connectivity index (χ2n) is 3.24. The van der Waals surface area contributed by atoms with E-state index in [-0.39, 0.29) is 11.4 Å². The zero-order valence-electron chi connectivity index (χ0n) is 5.31. The molecule has 2 fully saturated rings. The molecule has 4 N–H and O–H groups in total. The van der Waals surface area contributed by atoms with E-state index in [0.29, 0.717) is 12.3 Å². The van der Waals surface area contributed by atoms with E-state index in [1.54, 1.807) is 0 Å². The Labute approximate surface area is 53.6 Å². The first-order valence-electron chi connectivity index (χ1n) is 3.33. The first-order chi connectivity index (χ1) is 4.21. The Morgan fingerprint density at radius 3 is 3.11 bits per heavy atom. The maximum atomic E-state index is 10.8. The molecule has 0 radical (unpaired) electrons. The number of quaternary nitrogens is 1. The number of nitrogens with one attached hydrogen (secondary N) is 1. The van der Waals surface area contributed by atoms with Gasteiger partial charge in [-0.3, -0.25) is 4.79 Å². The SMILES string of the molecule is [NH3+][C@@]12CC(=O)NC[C@@H]1C2. The van der Waals surface area contributed by atoms with Crippen LogP contribution in [0.5, 0.6) is 0 Å². The minimum absolute atomic E-state index is 0.155. The van der Waals surface area contributed by atoms with E-state index in [2.05, 4.69) is 11.1 Å². The average Bonchev–Trinajstić information content (AvgIpc) is 2.38. The lowest BCUT2D eigenvalue weighted by molar-refractivity contribution is -0.443. The predicted molar refractivity (Wildman–Crippen MR) is 31.4 cm³/mol. The third-order valence-corrected chi connectivity index (χ3v) is 2.42. The van der Waals surface area contributed by atoms with Gasteiger partial charge in [0.1, 0.15) is 5.54 Å². The van der Waals surface area contributed by atoms with Gasteiger partial charge in [0.05, 0.1) is 6.42 Å². The molecule has 1 heterocycles. The Bertz CT molecular complexity index is 168. The van der Waals surface area contributed by atoms with Crippen molar-refractivity contribution in [1.29, 1.82) is 0 Å². The molecule has 2 rings (SSSR count). The molecule has 1 saturated carbocycles. The number of rotatable bonds is 0. The van der Waals surface area contributed by atoms with Crippen LogP contribution in [0.3, 0.4) is 0 Å². The molecule has 3 heteroatoms. The van der Waals surface area contributed by atoms with Gasteiger partial charge in [-0.05, 0) is 0 Å². The lowest BCUT2D eigenvalue weighted by Gasteiger charge is -2.14. The van der Waals surface area contributed by atoms with Crippen LogP contribution in [-0.4, -0.2) is 18.0 Å². The van der Waals surface area contributed by atoms with E-state index in [0.717, 1.165) is 13.0 Å². The molecule has 1 aliphatic heterocycles. The van der Waals surface area contributed by atoms with Gasteiger partial charge in [-0.2, -0.15) is 0 Å². The van der Waals surface area contributed by atoms with Crippen LogP contribution in [0.4, 0.5) is 0 Å². The fraction of sp³-hybridized carbons (Fsp3) is 0.833. The number of carbonyl (C=O) groups is 1. The highest BCUT2D eigenvalue weighted by Crippen LogP contribution is 2.43. The maximum absolute atomic E-state index is 10.8. The summed E-state index contributed by atoms with van der Waals surface area (Å²) < 4.78 is 0. The maximum Gasteiger partial charge on any atom is 0.226 e. The molecule has 2 atom stereocenters. The quantitative estimate of drug-likeness (QED) is 0.409. The average molecular weight is 127 g/mol. The highest BCUT2D eigenvalue weighted by molar-refractivity contribution is 5.79. The number of fused-ring (bicyclic) bond motifs is 1. The van der Waals surface area contributed by atoms with Crippen molar-refractivity contribution in [2.45, 2.75) is 18.4 Å². The smallest absolute Gasteiger partial charge is 0.226 e. The summed E-state index contributed by atoms with van der Waals surface area (Å²) in [6.07, 6.45) is 1.80. The van der Waals surface area contributed by atoms with Crippen molar-refractivity contribution in [1.82, 2.24) is 5.32 Å². The van der Waals surface area contributed by atoms with Gasteiger partial charge in [0.2, 0.25) is 5.91 Å². The van der Waals surface area contributed by atoms with Crippen LogP contribution in [-0.2, 0) is 4.79 Å². The second-order valence-corrected chi connectivity index (χ2v) is 3.24. The molecular weight excluding hydrogens is 116 g/mol. The van der Waals surface area contributed by atoms with Crippen molar-refractivity contribution in [2.24, 2.45) is 5.92 Å². The van der Waals surface area contributed by atoms with E-state index in [1.807, 2.05) is 0 Å². The lowest BCUT2D eigenvalue weighted by atomic mass is 10.1. The third-order valence-electron chi connectivity index (χ3n) is 2.42. The minimum Gasteiger partial charge on any atom is -0.355 e. The fourth-order valence-electron chi connectivity index (χ4n) is 1.56. The Hall–Kier alpha value is -0.570. The Balaban J connectivity index is 2.11. The highest BCUT2D eigenvalue weighted by atomic mass is 16.1. The zero-order valence-corrected chi connectivity index (χ0v) is 5.31. The van der Waals surface area contributed by atoms with Crippen LogP contribution in [0.2, 0.25) is 0 Å². The molecule has 1 amide bonds. The van der Waals surface area contributed by atoms with Crippen molar-refractivity contribution >= 4 is 5.91 Å². The molecule has 1 saturated heterocycles. The Kier molecular flexibility index (Phi) is 0.750. The topological polar surface area (TPSA) is 56.7 Å². The van der Waals surface area contributed by atoms with Crippen LogP contribution in [0, 0.1) is 5.92 Å². The lowest BCUT2D eigenvalue weighted by Crippen LogP contribution is -2.68. The van der Waals surface area contributed by atoms with Gasteiger partial charge in [-0.15, -0.1) is 0 Å². The Morgan fingerprint density at radius 2 is 2.56 bits per heavy atom. The standard InChI is InChI=1S/C6H10N2O/c7-6-1-4(6)3-8-5(9)2-6/h4H,1-3,7H2,(H,8,9)/p+1/t4-,6-/m0/s1. The number of hydrogen-bond donors (Lipinski definition) is 2. The summed E-state index contributed by atoms with van der Waals surface area (Å²) in [4.78, 5) is 10.8. The van der Waals surface area contributed by atoms with E-state index in [4.69, 9.17) is 0 Å². The van der Waals surface area contributed by atoms with Crippen LogP contribution in [0.25, 0.3) is 0 Å². The number of carbonyl (C=O) groups excluding carboxylic acids is 1. The largest absolute Gasteiger partial charge is 0.355 e. The van der Waals surface area contributed by atoms with Gasteiger partial charge >= 0.3 is 0 Å². The van der Waals surface area contributed by atoms with E-state index < -0.39 is 0 Å². The minimum atomic E-state index is 0.155. The first-order valence-corrected chi connectivity index (χ1v) is 3.33. The summed E-state index contributed by atoms with van der Waals surface area (Å²) in [5.41, 5.74) is 4.15. The molecular formula is C6H11N2O+. The molecule has 0 bridgehead atoms. The third kappa shape index (κ3) is 0.645. The molecule has 0 unspecified atom stereocenters. The summed E-state index contributed by atoms with van der Waals surface area (Å²) in [7, 11) is 0. The van der Waals surface area contributed by atoms with Crippen molar-refractivity contribution in [3.8, 4) is 0 Å². The van der Waals surface area contributed by atoms with E-state index >= 15 is 0 Å². The molecule has 3 nitrogen and oxygen atoms in total. The summed E-state index contributed by atoms with van der Waals surface area (Å²) in [6.45, 7) is 0.863. The van der Waals surface area contributed by atoms with Crippen LogP contribution < -0.4 is 11.1 Å². The van der Waals surface area contributed by atoms with Crippen molar-refractivity contribution in [3.05, 3.63) is 0 Å². The monoisotopic (exact) mass is 127 g/mol. The summed E-state index contributed by atoms with van der Waals surface area (Å²) in [5.74, 6) is 0.869. The molecule has 0 aromatic rings. The van der Waals surface area contributed by atoms with Gasteiger partial charge in [0, 0.05) is 18.9 Å². The van der Waals surface area contributed by atoms with Crippen LogP contribution >= 0.6 is 0 Å². The van der Waals surface area contributed by atoms with E-state index in [1.165, 1.54) is 0 Å². The molecule has 1 aliphatic carbocycles. The molecule has 9 heavy (non-hydrogen) atoms. The predicted octanol–water partition coefficient (Wildman–Crippen LogP) is -1.49. The van der Waals surface area contributed by atoms with Gasteiger partial charge in [-0.25, -0.2) is 0 Å². The van der Waals surface area contributed by atoms with E-state index in [9.17, 15) is 4.79 Å². The zero-order chi connectivity index (χ0) is 6.48. The first kappa shape index (κ1) is 5.23. The van der Waals surface area contributed by atoms with Gasteiger partial charge in [-0.1, -0.05) is 0 Å². The van der Waals surface area contributed by atoms with Gasteiger partial charge < -0.3 is 11.1 Å². The summed E-state index contributed by atoms with van der Waals surface area (Å²) in [6, 6.07) is 0. The van der Waals surface area contributed by atoms with Gasteiger partial charge in [0.25, 0.3) is 0 Å². The van der Waals surface area contributed by atoms with Gasteiger partial charge in [0.15, 0.2) is 0 Å². The fourth-order valence-corrected chi connectivity index (χ4v) is 1.56. The van der Waals surface area contributed by atoms with Crippen molar-refractivity contribution in [3.63, 3.8) is 0 Å². The highest BCUT2D eigenvalue weighted by Gasteiger charge is 2.58. The van der Waals surface area contributed by atoms with Crippen molar-refractivity contribution in [2.75, 3.05) is 6.54 Å². The Morgan fingerprint density at radius 1 is 1.78 bits per heavy atom. The molecule has 50 valence electrons. The van der Waals surface area contributed by atoms with Crippen molar-refractivity contribution < 1.29 is 10.5 Å². The summed E-state index contributed by atoms with van der Waals surface area (Å²) in [5, 5.41) is 2.82. The normalized spacial score (nSPS) is 47.7. The number of amides is 1. The molecule has 2 aliphatic rings. The van der Waals surface area contributed by atoms with Crippen LogP contribution in [0.1, 0.15) is 12.8 Å². The van der Waals surface area contributed by atoms with Crippen LogP contribution in [0.15, 0.2) is 0 Å². The number of piperidine rings is 1. The second kappa shape index (κ2) is 1.29. The molecule has 0 spiro atoms. The summed E-state index contributed by atoms with van der Waals surface area (Å²) >= 11 is 0. The molecule has 0 aromatic heterocycles. The molecule has 0 aromatic carbocycles.